The summed E-state index contributed by atoms with van der Waals surface area (Å²) >= 11 is 0. The van der Waals surface area contributed by atoms with Gasteiger partial charge in [-0.1, -0.05) is 12.2 Å². The fourth-order valence-electron chi connectivity index (χ4n) is 1.00. The molecule has 0 saturated heterocycles. The quantitative estimate of drug-likeness (QED) is 0.418. The first-order chi connectivity index (χ1) is 6.18. The van der Waals surface area contributed by atoms with Gasteiger partial charge in [-0.3, -0.25) is 4.79 Å². The SMILES string of the molecule is CC1C/C=C/CC(=O)/C=C\C(=O)O1. The first-order valence-electron chi connectivity index (χ1n) is 4.25. The number of ether oxygens (including phenoxy) is 1. The summed E-state index contributed by atoms with van der Waals surface area (Å²) in [7, 11) is 0. The van der Waals surface area contributed by atoms with Crippen LogP contribution >= 0.6 is 0 Å². The van der Waals surface area contributed by atoms with Gasteiger partial charge in [0, 0.05) is 18.9 Å². The summed E-state index contributed by atoms with van der Waals surface area (Å²) in [5.41, 5.74) is 0. The molecule has 13 heavy (non-hydrogen) atoms. The monoisotopic (exact) mass is 180 g/mol. The summed E-state index contributed by atoms with van der Waals surface area (Å²) in [5.74, 6) is -0.529. The minimum atomic E-state index is -0.448. The molecule has 1 unspecified atom stereocenters. The van der Waals surface area contributed by atoms with Crippen LogP contribution in [0.25, 0.3) is 0 Å². The minimum Gasteiger partial charge on any atom is -0.459 e. The van der Waals surface area contributed by atoms with Gasteiger partial charge in [-0.15, -0.1) is 0 Å². The van der Waals surface area contributed by atoms with Crippen molar-refractivity contribution in [2.24, 2.45) is 0 Å². The van der Waals surface area contributed by atoms with Crippen LogP contribution in [0.5, 0.6) is 0 Å². The average molecular weight is 180 g/mol. The molecule has 3 heteroatoms. The highest BCUT2D eigenvalue weighted by molar-refractivity contribution is 5.96. The molecule has 1 aliphatic heterocycles. The van der Waals surface area contributed by atoms with Crippen molar-refractivity contribution in [2.45, 2.75) is 25.9 Å². The van der Waals surface area contributed by atoms with Gasteiger partial charge in [0.15, 0.2) is 5.78 Å². The summed E-state index contributed by atoms with van der Waals surface area (Å²) in [5, 5.41) is 0. The van der Waals surface area contributed by atoms with E-state index in [0.29, 0.717) is 12.8 Å². The third kappa shape index (κ3) is 3.69. The van der Waals surface area contributed by atoms with E-state index in [0.717, 1.165) is 0 Å². The van der Waals surface area contributed by atoms with Crippen molar-refractivity contribution < 1.29 is 14.3 Å². The van der Waals surface area contributed by atoms with Crippen LogP contribution in [0.1, 0.15) is 19.8 Å². The fraction of sp³-hybridized carbons (Fsp3) is 0.400. The normalized spacial score (nSPS) is 29.2. The molecule has 0 saturated carbocycles. The van der Waals surface area contributed by atoms with Crippen LogP contribution in [-0.4, -0.2) is 17.9 Å². The van der Waals surface area contributed by atoms with Gasteiger partial charge in [-0.05, 0) is 13.0 Å². The van der Waals surface area contributed by atoms with E-state index >= 15 is 0 Å². The lowest BCUT2D eigenvalue weighted by Crippen LogP contribution is -2.13. The van der Waals surface area contributed by atoms with E-state index < -0.39 is 5.97 Å². The van der Waals surface area contributed by atoms with Gasteiger partial charge in [0.25, 0.3) is 0 Å². The number of allylic oxidation sites excluding steroid dienone is 2. The molecule has 0 bridgehead atoms. The Morgan fingerprint density at radius 3 is 2.85 bits per heavy atom. The number of hydrogen-bond donors (Lipinski definition) is 0. The van der Waals surface area contributed by atoms with Gasteiger partial charge < -0.3 is 4.74 Å². The van der Waals surface area contributed by atoms with Crippen molar-refractivity contribution in [2.75, 3.05) is 0 Å². The highest BCUT2D eigenvalue weighted by atomic mass is 16.5. The molecule has 3 nitrogen and oxygen atoms in total. The predicted molar refractivity (Wildman–Crippen MR) is 48.1 cm³/mol. The Morgan fingerprint density at radius 1 is 1.31 bits per heavy atom. The van der Waals surface area contributed by atoms with Gasteiger partial charge in [0.05, 0.1) is 0 Å². The first-order valence-corrected chi connectivity index (χ1v) is 4.25. The molecule has 0 N–H and O–H groups in total. The highest BCUT2D eigenvalue weighted by Crippen LogP contribution is 2.03. The smallest absolute Gasteiger partial charge is 0.331 e. The zero-order valence-electron chi connectivity index (χ0n) is 7.53. The maximum absolute atomic E-state index is 11.0. The fourth-order valence-corrected chi connectivity index (χ4v) is 1.00. The van der Waals surface area contributed by atoms with Crippen molar-refractivity contribution in [3.05, 3.63) is 24.3 Å². The number of carbonyl (C=O) groups excluding carboxylic acids is 2. The lowest BCUT2D eigenvalue weighted by Gasteiger charge is -2.09. The van der Waals surface area contributed by atoms with Crippen molar-refractivity contribution >= 4 is 11.8 Å². The Hall–Kier alpha value is -1.38. The van der Waals surface area contributed by atoms with Crippen LogP contribution in [0.15, 0.2) is 24.3 Å². The molecule has 1 aliphatic rings. The van der Waals surface area contributed by atoms with E-state index in [4.69, 9.17) is 4.74 Å². The molecule has 0 radical (unpaired) electrons. The number of hydrogen-bond acceptors (Lipinski definition) is 3. The molecule has 0 aromatic heterocycles. The Kier molecular flexibility index (Phi) is 3.43. The maximum atomic E-state index is 11.0. The molecule has 1 rings (SSSR count). The van der Waals surface area contributed by atoms with Crippen molar-refractivity contribution in [1.29, 1.82) is 0 Å². The second-order valence-electron chi connectivity index (χ2n) is 2.96. The van der Waals surface area contributed by atoms with E-state index in [2.05, 4.69) is 0 Å². The number of cyclic esters (lactones) is 1. The van der Waals surface area contributed by atoms with Crippen molar-refractivity contribution in [3.63, 3.8) is 0 Å². The van der Waals surface area contributed by atoms with Crippen LogP contribution in [0.4, 0.5) is 0 Å². The van der Waals surface area contributed by atoms with Gasteiger partial charge in [-0.2, -0.15) is 0 Å². The highest BCUT2D eigenvalue weighted by Gasteiger charge is 2.06. The number of ketones is 1. The molecule has 1 heterocycles. The third-order valence-electron chi connectivity index (χ3n) is 1.68. The summed E-state index contributed by atoms with van der Waals surface area (Å²) in [6.07, 6.45) is 6.98. The van der Waals surface area contributed by atoms with Crippen LogP contribution in [0.3, 0.4) is 0 Å². The van der Waals surface area contributed by atoms with Crippen LogP contribution < -0.4 is 0 Å². The standard InChI is InChI=1S/C10H12O3/c1-8-4-2-3-5-9(11)6-7-10(12)13-8/h2-3,6-8H,4-5H2,1H3/b3-2+,7-6-. The largest absolute Gasteiger partial charge is 0.459 e. The van der Waals surface area contributed by atoms with Gasteiger partial charge in [0.1, 0.15) is 6.10 Å². The van der Waals surface area contributed by atoms with E-state index in [1.54, 1.807) is 6.08 Å². The van der Waals surface area contributed by atoms with Gasteiger partial charge in [0.2, 0.25) is 0 Å². The molecule has 0 fully saturated rings. The lowest BCUT2D eigenvalue weighted by atomic mass is 10.2. The summed E-state index contributed by atoms with van der Waals surface area (Å²) in [6.45, 7) is 1.82. The molecule has 0 aromatic rings. The second kappa shape index (κ2) is 4.60. The van der Waals surface area contributed by atoms with E-state index in [1.807, 2.05) is 13.0 Å². The Balaban J connectivity index is 2.66. The number of esters is 1. The van der Waals surface area contributed by atoms with Crippen LogP contribution in [0, 0.1) is 0 Å². The molecule has 1 atom stereocenters. The molecule has 0 amide bonds. The number of rotatable bonds is 0. The number of carbonyl (C=O) groups is 2. The van der Waals surface area contributed by atoms with Crippen LogP contribution in [-0.2, 0) is 14.3 Å². The zero-order valence-corrected chi connectivity index (χ0v) is 7.53. The lowest BCUT2D eigenvalue weighted by molar-refractivity contribution is -0.142. The molecular formula is C10H12O3. The van der Waals surface area contributed by atoms with E-state index in [-0.39, 0.29) is 11.9 Å². The van der Waals surface area contributed by atoms with E-state index in [1.165, 1.54) is 12.2 Å². The minimum absolute atomic E-state index is 0.0808. The topological polar surface area (TPSA) is 43.4 Å². The Morgan fingerprint density at radius 2 is 2.08 bits per heavy atom. The molecule has 70 valence electrons. The molecule has 0 aromatic carbocycles. The summed E-state index contributed by atoms with van der Waals surface area (Å²) < 4.78 is 4.95. The third-order valence-corrected chi connectivity index (χ3v) is 1.68. The molecular weight excluding hydrogens is 168 g/mol. The summed E-state index contributed by atoms with van der Waals surface area (Å²) in [6, 6.07) is 0. The molecule has 0 aliphatic carbocycles. The zero-order chi connectivity index (χ0) is 9.68. The van der Waals surface area contributed by atoms with Crippen molar-refractivity contribution in [1.82, 2.24) is 0 Å². The van der Waals surface area contributed by atoms with Gasteiger partial charge in [-0.25, -0.2) is 4.79 Å². The first kappa shape index (κ1) is 9.71. The maximum Gasteiger partial charge on any atom is 0.331 e. The second-order valence-corrected chi connectivity index (χ2v) is 2.96. The molecule has 0 spiro atoms. The Labute approximate surface area is 77.1 Å². The van der Waals surface area contributed by atoms with Crippen LogP contribution in [0.2, 0.25) is 0 Å². The predicted octanol–water partition coefficient (Wildman–Crippen LogP) is 1.39. The Bertz CT molecular complexity index is 263. The average Bonchev–Trinajstić information content (AvgIpc) is 2.08. The van der Waals surface area contributed by atoms with E-state index in [9.17, 15) is 9.59 Å². The van der Waals surface area contributed by atoms with Gasteiger partial charge >= 0.3 is 5.97 Å². The van der Waals surface area contributed by atoms with Crippen molar-refractivity contribution in [3.8, 4) is 0 Å². The summed E-state index contributed by atoms with van der Waals surface area (Å²) in [4.78, 5) is 22.0.